The quantitative estimate of drug-likeness (QED) is 0.890. The predicted octanol–water partition coefficient (Wildman–Crippen LogP) is 2.44. The molecule has 2 aliphatic rings. The molecule has 118 valence electrons. The average molecular weight is 351 g/mol. The van der Waals surface area contributed by atoms with Crippen molar-refractivity contribution in [3.63, 3.8) is 0 Å². The van der Waals surface area contributed by atoms with Crippen molar-refractivity contribution in [2.75, 3.05) is 19.6 Å². The molecule has 3 rings (SSSR count). The van der Waals surface area contributed by atoms with Gasteiger partial charge >= 0.3 is 0 Å². The van der Waals surface area contributed by atoms with Gasteiger partial charge in [0.15, 0.2) is 0 Å². The van der Waals surface area contributed by atoms with E-state index >= 15 is 0 Å². The molecule has 7 heteroatoms. The molecule has 2 aliphatic heterocycles. The summed E-state index contributed by atoms with van der Waals surface area (Å²) in [4.78, 5) is 0.342. The lowest BCUT2D eigenvalue weighted by Crippen LogP contribution is -2.46. The molecule has 1 aromatic carbocycles. The zero-order valence-electron chi connectivity index (χ0n) is 11.9. The van der Waals surface area contributed by atoms with Gasteiger partial charge < -0.3 is 5.32 Å². The standard InChI is InChI=1S/C14H19ClN2O2S.ClH/c1-10-2-3-12(15)8-14(10)20(18,19)17-7-5-13-11(9-17)4-6-16-13;/h2-3,8,11,13,16H,4-7,9H2,1H3;1H. The number of hydrogen-bond donors (Lipinski definition) is 1. The molecular weight excluding hydrogens is 331 g/mol. The minimum absolute atomic E-state index is 0. The molecular formula is C14H20Cl2N2O2S. The Morgan fingerprint density at radius 2 is 2.10 bits per heavy atom. The fraction of sp³-hybridized carbons (Fsp3) is 0.571. The van der Waals surface area contributed by atoms with E-state index in [9.17, 15) is 8.42 Å². The first-order valence-electron chi connectivity index (χ1n) is 6.98. The zero-order valence-corrected chi connectivity index (χ0v) is 14.3. The van der Waals surface area contributed by atoms with Crippen molar-refractivity contribution in [1.82, 2.24) is 9.62 Å². The Kier molecular flexibility index (Phi) is 5.21. The van der Waals surface area contributed by atoms with Gasteiger partial charge in [0.05, 0.1) is 4.90 Å². The maximum Gasteiger partial charge on any atom is 0.243 e. The van der Waals surface area contributed by atoms with Crippen molar-refractivity contribution >= 4 is 34.0 Å². The summed E-state index contributed by atoms with van der Waals surface area (Å²) >= 11 is 5.96. The van der Waals surface area contributed by atoms with Gasteiger partial charge in [-0.15, -0.1) is 12.4 Å². The van der Waals surface area contributed by atoms with E-state index in [1.54, 1.807) is 22.5 Å². The number of nitrogens with one attached hydrogen (secondary N) is 1. The SMILES string of the molecule is Cc1ccc(Cl)cc1S(=O)(=O)N1CCC2NCCC2C1.Cl. The van der Waals surface area contributed by atoms with Crippen LogP contribution < -0.4 is 5.32 Å². The summed E-state index contributed by atoms with van der Waals surface area (Å²) in [5, 5.41) is 3.91. The molecule has 1 N–H and O–H groups in total. The second-order valence-electron chi connectivity index (χ2n) is 5.67. The summed E-state index contributed by atoms with van der Waals surface area (Å²) in [6.45, 7) is 4.01. The van der Waals surface area contributed by atoms with Crippen LogP contribution in [0.25, 0.3) is 0 Å². The van der Waals surface area contributed by atoms with Crippen LogP contribution in [-0.2, 0) is 10.0 Å². The molecule has 0 aliphatic carbocycles. The maximum atomic E-state index is 12.8. The number of piperidine rings is 1. The number of rotatable bonds is 2. The van der Waals surface area contributed by atoms with Crippen LogP contribution in [0.5, 0.6) is 0 Å². The highest BCUT2D eigenvalue weighted by Crippen LogP contribution is 2.30. The minimum atomic E-state index is -3.43. The molecule has 21 heavy (non-hydrogen) atoms. The third-order valence-electron chi connectivity index (χ3n) is 4.39. The highest BCUT2D eigenvalue weighted by molar-refractivity contribution is 7.89. The lowest BCUT2D eigenvalue weighted by molar-refractivity contribution is 0.247. The number of sulfonamides is 1. The van der Waals surface area contributed by atoms with E-state index in [1.165, 1.54) is 0 Å². The van der Waals surface area contributed by atoms with Crippen LogP contribution in [0.2, 0.25) is 5.02 Å². The first-order valence-corrected chi connectivity index (χ1v) is 8.80. The molecule has 2 fully saturated rings. The lowest BCUT2D eigenvalue weighted by Gasteiger charge is -2.34. The molecule has 2 atom stereocenters. The summed E-state index contributed by atoms with van der Waals surface area (Å²) in [7, 11) is -3.43. The lowest BCUT2D eigenvalue weighted by atomic mass is 9.95. The molecule has 0 amide bonds. The Morgan fingerprint density at radius 3 is 2.86 bits per heavy atom. The fourth-order valence-electron chi connectivity index (χ4n) is 3.22. The summed E-state index contributed by atoms with van der Waals surface area (Å²) in [6, 6.07) is 5.54. The van der Waals surface area contributed by atoms with Gasteiger partial charge in [-0.3, -0.25) is 0 Å². The van der Waals surface area contributed by atoms with Crippen LogP contribution in [0.4, 0.5) is 0 Å². The smallest absolute Gasteiger partial charge is 0.243 e. The number of hydrogen-bond acceptors (Lipinski definition) is 3. The summed E-state index contributed by atoms with van der Waals surface area (Å²) in [6.07, 6.45) is 1.95. The third kappa shape index (κ3) is 3.22. The molecule has 2 saturated heterocycles. The van der Waals surface area contributed by atoms with Gasteiger partial charge in [-0.1, -0.05) is 17.7 Å². The van der Waals surface area contributed by atoms with E-state index in [1.807, 2.05) is 6.92 Å². The highest BCUT2D eigenvalue weighted by Gasteiger charge is 2.38. The Balaban J connectivity index is 0.00000161. The van der Waals surface area contributed by atoms with Gasteiger partial charge in [-0.25, -0.2) is 8.42 Å². The van der Waals surface area contributed by atoms with E-state index in [4.69, 9.17) is 11.6 Å². The first-order chi connectivity index (χ1) is 9.48. The molecule has 0 bridgehead atoms. The molecule has 0 saturated carbocycles. The predicted molar refractivity (Wildman–Crippen MR) is 86.7 cm³/mol. The largest absolute Gasteiger partial charge is 0.314 e. The van der Waals surface area contributed by atoms with Crippen LogP contribution in [-0.4, -0.2) is 38.4 Å². The van der Waals surface area contributed by atoms with Crippen molar-refractivity contribution < 1.29 is 8.42 Å². The van der Waals surface area contributed by atoms with Crippen molar-refractivity contribution in [2.24, 2.45) is 5.92 Å². The molecule has 2 heterocycles. The van der Waals surface area contributed by atoms with Gasteiger partial charge in [-0.05, 0) is 49.9 Å². The van der Waals surface area contributed by atoms with Gasteiger partial charge in [0, 0.05) is 24.2 Å². The molecule has 0 radical (unpaired) electrons. The second-order valence-corrected chi connectivity index (χ2v) is 8.01. The second kappa shape index (κ2) is 6.42. The van der Waals surface area contributed by atoms with Crippen molar-refractivity contribution in [3.05, 3.63) is 28.8 Å². The van der Waals surface area contributed by atoms with E-state index in [2.05, 4.69) is 5.32 Å². The van der Waals surface area contributed by atoms with Crippen LogP contribution in [0.15, 0.2) is 23.1 Å². The Hall–Kier alpha value is -0.330. The molecule has 0 aromatic heterocycles. The monoisotopic (exact) mass is 350 g/mol. The highest BCUT2D eigenvalue weighted by atomic mass is 35.5. The molecule has 1 aromatic rings. The topological polar surface area (TPSA) is 49.4 Å². The van der Waals surface area contributed by atoms with Crippen LogP contribution in [0, 0.1) is 12.8 Å². The van der Waals surface area contributed by atoms with Crippen molar-refractivity contribution in [3.8, 4) is 0 Å². The number of fused-ring (bicyclic) bond motifs is 1. The Bertz CT molecular complexity index is 621. The van der Waals surface area contributed by atoms with Crippen LogP contribution in [0.1, 0.15) is 18.4 Å². The van der Waals surface area contributed by atoms with Crippen molar-refractivity contribution in [1.29, 1.82) is 0 Å². The van der Waals surface area contributed by atoms with E-state index in [-0.39, 0.29) is 12.4 Å². The van der Waals surface area contributed by atoms with E-state index in [0.717, 1.165) is 24.9 Å². The number of halogens is 2. The van der Waals surface area contributed by atoms with Crippen LogP contribution in [0.3, 0.4) is 0 Å². The van der Waals surface area contributed by atoms with E-state index in [0.29, 0.717) is 35.0 Å². The molecule has 0 spiro atoms. The summed E-state index contributed by atoms with van der Waals surface area (Å²) in [5.74, 6) is 0.443. The fourth-order valence-corrected chi connectivity index (χ4v) is 5.22. The van der Waals surface area contributed by atoms with E-state index < -0.39 is 10.0 Å². The van der Waals surface area contributed by atoms with Gasteiger partial charge in [0.2, 0.25) is 10.0 Å². The minimum Gasteiger partial charge on any atom is -0.314 e. The first kappa shape index (κ1) is 17.0. The molecule has 2 unspecified atom stereocenters. The molecule has 4 nitrogen and oxygen atoms in total. The number of nitrogens with zero attached hydrogens (tertiary/aromatic N) is 1. The van der Waals surface area contributed by atoms with Gasteiger partial charge in [0.1, 0.15) is 0 Å². The van der Waals surface area contributed by atoms with Crippen molar-refractivity contribution in [2.45, 2.75) is 30.7 Å². The Labute approximate surface area is 137 Å². The zero-order chi connectivity index (χ0) is 14.3. The van der Waals surface area contributed by atoms with Gasteiger partial charge in [0.25, 0.3) is 0 Å². The number of benzene rings is 1. The maximum absolute atomic E-state index is 12.8. The summed E-state index contributed by atoms with van der Waals surface area (Å²) in [5.41, 5.74) is 0.751. The normalized spacial score (nSPS) is 26.2. The van der Waals surface area contributed by atoms with Crippen LogP contribution >= 0.6 is 24.0 Å². The summed E-state index contributed by atoms with van der Waals surface area (Å²) < 4.78 is 27.2. The number of aryl methyl sites for hydroxylation is 1. The Morgan fingerprint density at radius 1 is 1.33 bits per heavy atom. The third-order valence-corrected chi connectivity index (χ3v) is 6.63. The van der Waals surface area contributed by atoms with Gasteiger partial charge in [-0.2, -0.15) is 4.31 Å². The average Bonchev–Trinajstić information content (AvgIpc) is 2.88.